The lowest BCUT2D eigenvalue weighted by Gasteiger charge is -2.12. The molecule has 0 unspecified atom stereocenters. The molecule has 2 heterocycles. The lowest BCUT2D eigenvalue weighted by Crippen LogP contribution is -2.13. The zero-order chi connectivity index (χ0) is 14.8. The van der Waals surface area contributed by atoms with Crippen LogP contribution in [0, 0.1) is 6.92 Å². The molecule has 1 amide bonds. The van der Waals surface area contributed by atoms with Gasteiger partial charge >= 0.3 is 0 Å². The molecule has 3 rings (SSSR count). The summed E-state index contributed by atoms with van der Waals surface area (Å²) in [7, 11) is 0. The van der Waals surface area contributed by atoms with E-state index in [2.05, 4.69) is 10.5 Å². The van der Waals surface area contributed by atoms with Crippen LogP contribution >= 0.6 is 0 Å². The number of nitrogens with one attached hydrogen (secondary N) is 1. The van der Waals surface area contributed by atoms with Gasteiger partial charge in [0.15, 0.2) is 11.5 Å². The number of nitrogens with two attached hydrogens (primary N) is 1. The van der Waals surface area contributed by atoms with Crippen LogP contribution in [-0.4, -0.2) is 24.3 Å². The van der Waals surface area contributed by atoms with E-state index in [0.717, 1.165) is 6.42 Å². The number of anilines is 2. The van der Waals surface area contributed by atoms with Gasteiger partial charge in [0, 0.05) is 18.6 Å². The van der Waals surface area contributed by atoms with Gasteiger partial charge in [-0.15, -0.1) is 0 Å². The molecule has 1 aromatic heterocycles. The summed E-state index contributed by atoms with van der Waals surface area (Å²) in [6, 6.07) is 3.31. The number of amides is 1. The van der Waals surface area contributed by atoms with E-state index in [9.17, 15) is 4.79 Å². The second-order valence-electron chi connectivity index (χ2n) is 4.69. The van der Waals surface area contributed by atoms with E-state index < -0.39 is 0 Å². The van der Waals surface area contributed by atoms with Crippen molar-refractivity contribution in [1.29, 1.82) is 0 Å². The second kappa shape index (κ2) is 5.35. The molecule has 3 N–H and O–H groups in total. The fourth-order valence-corrected chi connectivity index (χ4v) is 2.04. The van der Waals surface area contributed by atoms with Crippen LogP contribution in [-0.2, 0) is 0 Å². The number of ether oxygens (including phenoxy) is 2. The lowest BCUT2D eigenvalue weighted by molar-refractivity contribution is 0.102. The van der Waals surface area contributed by atoms with Gasteiger partial charge < -0.3 is 25.0 Å². The highest BCUT2D eigenvalue weighted by molar-refractivity contribution is 6.06. The standard InChI is InChI=1S/C14H15N3O4/c1-8-9(7-16-21-8)14(18)17-11-6-13-12(5-10(11)15)19-3-2-4-20-13/h5-7H,2-4,15H2,1H3,(H,17,18). The SMILES string of the molecule is Cc1oncc1C(=O)Nc1cc2c(cc1N)OCCCO2. The number of benzene rings is 1. The highest BCUT2D eigenvalue weighted by Gasteiger charge is 2.17. The molecule has 0 fully saturated rings. The summed E-state index contributed by atoms with van der Waals surface area (Å²) in [5.41, 5.74) is 7.18. The predicted octanol–water partition coefficient (Wildman–Crippen LogP) is 1.98. The summed E-state index contributed by atoms with van der Waals surface area (Å²) >= 11 is 0. The number of fused-ring (bicyclic) bond motifs is 1. The van der Waals surface area contributed by atoms with Crippen LogP contribution in [0.2, 0.25) is 0 Å². The summed E-state index contributed by atoms with van der Waals surface area (Å²) in [5, 5.41) is 6.30. The van der Waals surface area contributed by atoms with Crippen LogP contribution < -0.4 is 20.5 Å². The van der Waals surface area contributed by atoms with Gasteiger partial charge in [-0.25, -0.2) is 0 Å². The molecular weight excluding hydrogens is 274 g/mol. The third-order valence-corrected chi connectivity index (χ3v) is 3.16. The highest BCUT2D eigenvalue weighted by Crippen LogP contribution is 2.36. The Bertz CT molecular complexity index is 681. The fourth-order valence-electron chi connectivity index (χ4n) is 2.04. The number of nitrogen functional groups attached to an aromatic ring is 1. The molecule has 7 heteroatoms. The largest absolute Gasteiger partial charge is 0.489 e. The van der Waals surface area contributed by atoms with Crippen molar-refractivity contribution in [2.24, 2.45) is 0 Å². The molecular formula is C14H15N3O4. The van der Waals surface area contributed by atoms with Crippen LogP contribution in [0.15, 0.2) is 22.9 Å². The van der Waals surface area contributed by atoms with Crippen molar-refractivity contribution < 1.29 is 18.8 Å². The number of hydrogen-bond donors (Lipinski definition) is 2. The minimum absolute atomic E-state index is 0.338. The zero-order valence-electron chi connectivity index (χ0n) is 11.5. The van der Waals surface area contributed by atoms with Crippen molar-refractivity contribution in [3.63, 3.8) is 0 Å². The Morgan fingerprint density at radius 2 is 2.00 bits per heavy atom. The summed E-state index contributed by atoms with van der Waals surface area (Å²) < 4.78 is 16.0. The van der Waals surface area contributed by atoms with Crippen molar-refractivity contribution >= 4 is 17.3 Å². The van der Waals surface area contributed by atoms with Crippen LogP contribution in [0.5, 0.6) is 11.5 Å². The Balaban J connectivity index is 1.87. The molecule has 0 saturated carbocycles. The number of carbonyl (C=O) groups excluding carboxylic acids is 1. The summed E-state index contributed by atoms with van der Waals surface area (Å²) in [5.74, 6) is 1.26. The normalized spacial score (nSPS) is 13.6. The number of hydrogen-bond acceptors (Lipinski definition) is 6. The third kappa shape index (κ3) is 2.62. The maximum absolute atomic E-state index is 12.1. The first kappa shape index (κ1) is 13.3. The molecule has 0 saturated heterocycles. The number of rotatable bonds is 2. The Hall–Kier alpha value is -2.70. The van der Waals surface area contributed by atoms with Crippen molar-refractivity contribution in [3.05, 3.63) is 29.7 Å². The second-order valence-corrected chi connectivity index (χ2v) is 4.69. The van der Waals surface area contributed by atoms with Gasteiger partial charge in [-0.05, 0) is 6.92 Å². The molecule has 110 valence electrons. The first-order chi connectivity index (χ1) is 10.1. The quantitative estimate of drug-likeness (QED) is 0.820. The summed E-state index contributed by atoms with van der Waals surface area (Å²) in [6.45, 7) is 2.81. The van der Waals surface area contributed by atoms with E-state index in [1.165, 1.54) is 6.20 Å². The van der Waals surface area contributed by atoms with Gasteiger partial charge in [-0.1, -0.05) is 5.16 Å². The van der Waals surface area contributed by atoms with E-state index in [4.69, 9.17) is 19.7 Å². The average molecular weight is 289 g/mol. The Kier molecular flexibility index (Phi) is 3.39. The number of carbonyl (C=O) groups is 1. The van der Waals surface area contributed by atoms with Crippen LogP contribution in [0.4, 0.5) is 11.4 Å². The molecule has 0 radical (unpaired) electrons. The molecule has 7 nitrogen and oxygen atoms in total. The minimum Gasteiger partial charge on any atom is -0.489 e. The molecule has 0 aliphatic carbocycles. The monoisotopic (exact) mass is 289 g/mol. The molecule has 2 aromatic rings. The van der Waals surface area contributed by atoms with E-state index >= 15 is 0 Å². The molecule has 1 aliphatic rings. The van der Waals surface area contributed by atoms with Gasteiger partial charge in [0.25, 0.3) is 5.91 Å². The van der Waals surface area contributed by atoms with Gasteiger partial charge in [0.1, 0.15) is 11.3 Å². The molecule has 1 aromatic carbocycles. The first-order valence-electron chi connectivity index (χ1n) is 6.57. The van der Waals surface area contributed by atoms with Crippen molar-refractivity contribution in [3.8, 4) is 11.5 Å². The Morgan fingerprint density at radius 3 is 2.67 bits per heavy atom. The lowest BCUT2D eigenvalue weighted by atomic mass is 10.2. The predicted molar refractivity (Wildman–Crippen MR) is 75.7 cm³/mol. The van der Waals surface area contributed by atoms with Crippen LogP contribution in [0.1, 0.15) is 22.5 Å². The van der Waals surface area contributed by atoms with E-state index in [0.29, 0.717) is 47.4 Å². The van der Waals surface area contributed by atoms with Gasteiger partial charge in [0.05, 0.1) is 30.8 Å². The molecule has 0 bridgehead atoms. The van der Waals surface area contributed by atoms with E-state index in [-0.39, 0.29) is 5.91 Å². The third-order valence-electron chi connectivity index (χ3n) is 3.16. The van der Waals surface area contributed by atoms with Gasteiger partial charge in [-0.3, -0.25) is 4.79 Å². The van der Waals surface area contributed by atoms with Gasteiger partial charge in [0.2, 0.25) is 0 Å². The summed E-state index contributed by atoms with van der Waals surface area (Å²) in [4.78, 5) is 12.1. The zero-order valence-corrected chi connectivity index (χ0v) is 11.5. The maximum atomic E-state index is 12.1. The minimum atomic E-state index is -0.338. The van der Waals surface area contributed by atoms with Gasteiger partial charge in [-0.2, -0.15) is 0 Å². The highest BCUT2D eigenvalue weighted by atomic mass is 16.5. The number of aromatic nitrogens is 1. The van der Waals surface area contributed by atoms with Crippen LogP contribution in [0.25, 0.3) is 0 Å². The first-order valence-corrected chi connectivity index (χ1v) is 6.57. The Labute approximate surface area is 121 Å². The topological polar surface area (TPSA) is 99.6 Å². The van der Waals surface area contributed by atoms with Crippen LogP contribution in [0.3, 0.4) is 0 Å². The van der Waals surface area contributed by atoms with Crippen molar-refractivity contribution in [2.45, 2.75) is 13.3 Å². The molecule has 1 aliphatic heterocycles. The number of aryl methyl sites for hydroxylation is 1. The number of nitrogens with zero attached hydrogens (tertiary/aromatic N) is 1. The molecule has 0 atom stereocenters. The maximum Gasteiger partial charge on any atom is 0.260 e. The van der Waals surface area contributed by atoms with E-state index in [1.807, 2.05) is 0 Å². The fraction of sp³-hybridized carbons (Fsp3) is 0.286. The average Bonchev–Trinajstić information content (AvgIpc) is 2.75. The smallest absolute Gasteiger partial charge is 0.260 e. The molecule has 0 spiro atoms. The molecule has 21 heavy (non-hydrogen) atoms. The Morgan fingerprint density at radius 1 is 1.29 bits per heavy atom. The van der Waals surface area contributed by atoms with E-state index in [1.54, 1.807) is 19.1 Å². The summed E-state index contributed by atoms with van der Waals surface area (Å²) in [6.07, 6.45) is 2.17. The van der Waals surface area contributed by atoms with Crippen molar-refractivity contribution in [1.82, 2.24) is 5.16 Å². The van der Waals surface area contributed by atoms with Crippen molar-refractivity contribution in [2.75, 3.05) is 24.3 Å².